The zero-order valence-corrected chi connectivity index (χ0v) is 18.5. The Hall–Kier alpha value is -3.48. The number of nitrogens with one attached hydrogen (secondary N) is 2. The Kier molecular flexibility index (Phi) is 6.94. The van der Waals surface area contributed by atoms with E-state index in [0.717, 1.165) is 28.1 Å². The van der Waals surface area contributed by atoms with Gasteiger partial charge in [-0.25, -0.2) is 0 Å². The van der Waals surface area contributed by atoms with Gasteiger partial charge in [0.15, 0.2) is 0 Å². The van der Waals surface area contributed by atoms with E-state index in [1.54, 1.807) is 18.5 Å². The van der Waals surface area contributed by atoms with Crippen LogP contribution in [0.2, 0.25) is 5.02 Å². The molecule has 0 atom stereocenters. The maximum absolute atomic E-state index is 12.4. The molecule has 0 radical (unpaired) electrons. The fourth-order valence-electron chi connectivity index (χ4n) is 3.44. The number of halogens is 1. The van der Waals surface area contributed by atoms with Crippen LogP contribution in [0.1, 0.15) is 16.7 Å². The van der Waals surface area contributed by atoms with Gasteiger partial charge in [-0.05, 0) is 42.3 Å². The lowest BCUT2D eigenvalue weighted by Gasteiger charge is -2.10. The Morgan fingerprint density at radius 2 is 1.91 bits per heavy atom. The summed E-state index contributed by atoms with van der Waals surface area (Å²) in [5, 5.41) is 11.5. The third kappa shape index (κ3) is 5.41. The van der Waals surface area contributed by atoms with E-state index in [4.69, 9.17) is 16.7 Å². The summed E-state index contributed by atoms with van der Waals surface area (Å²) in [4.78, 5) is 16.6. The zero-order chi connectivity index (χ0) is 22.3. The number of anilines is 1. The lowest BCUT2D eigenvalue weighted by atomic mass is 10.1. The maximum atomic E-state index is 12.4. The molecule has 4 aromatic rings. The Bertz CT molecular complexity index is 1190. The van der Waals surface area contributed by atoms with E-state index < -0.39 is 0 Å². The smallest absolute Gasteiger partial charge is 0.238 e. The summed E-state index contributed by atoms with van der Waals surface area (Å²) in [5.41, 5.74) is 5.53. The van der Waals surface area contributed by atoms with Gasteiger partial charge < -0.3 is 10.6 Å². The molecule has 2 aromatic carbocycles. The number of pyridine rings is 1. The summed E-state index contributed by atoms with van der Waals surface area (Å²) >= 11 is 6.14. The van der Waals surface area contributed by atoms with Crippen LogP contribution in [0.4, 0.5) is 5.69 Å². The van der Waals surface area contributed by atoms with E-state index in [9.17, 15) is 4.79 Å². The molecule has 7 heteroatoms. The predicted molar refractivity (Wildman–Crippen MR) is 128 cm³/mol. The summed E-state index contributed by atoms with van der Waals surface area (Å²) in [7, 11) is 0. The van der Waals surface area contributed by atoms with Crippen molar-refractivity contribution in [3.05, 3.63) is 101 Å². The summed E-state index contributed by atoms with van der Waals surface area (Å²) in [6.45, 7) is 3.22. The molecule has 2 N–H and O–H groups in total. The summed E-state index contributed by atoms with van der Waals surface area (Å²) in [6.07, 6.45) is 5.55. The third-order valence-electron chi connectivity index (χ3n) is 5.10. The van der Waals surface area contributed by atoms with Gasteiger partial charge in [-0.2, -0.15) is 5.10 Å². The average Bonchev–Trinajstić information content (AvgIpc) is 3.20. The van der Waals surface area contributed by atoms with Crippen LogP contribution < -0.4 is 10.6 Å². The normalized spacial score (nSPS) is 10.8. The molecule has 2 aromatic heterocycles. The first-order valence-electron chi connectivity index (χ1n) is 10.4. The quantitative estimate of drug-likeness (QED) is 0.413. The molecule has 0 spiro atoms. The number of benzene rings is 2. The van der Waals surface area contributed by atoms with Crippen LogP contribution in [0.25, 0.3) is 11.3 Å². The van der Waals surface area contributed by atoms with E-state index in [1.807, 2.05) is 60.3 Å². The fraction of sp³-hybridized carbons (Fsp3) is 0.160. The molecule has 6 nitrogen and oxygen atoms in total. The maximum Gasteiger partial charge on any atom is 0.238 e. The van der Waals surface area contributed by atoms with Gasteiger partial charge in [0.1, 0.15) is 0 Å². The molecule has 0 aliphatic rings. The van der Waals surface area contributed by atoms with Gasteiger partial charge in [-0.15, -0.1) is 0 Å². The highest BCUT2D eigenvalue weighted by Gasteiger charge is 2.13. The number of hydrogen-bond donors (Lipinski definition) is 2. The summed E-state index contributed by atoms with van der Waals surface area (Å²) in [5.74, 6) is -0.130. The highest BCUT2D eigenvalue weighted by Crippen LogP contribution is 2.23. The van der Waals surface area contributed by atoms with E-state index in [0.29, 0.717) is 18.1 Å². The van der Waals surface area contributed by atoms with Crippen molar-refractivity contribution in [2.45, 2.75) is 20.0 Å². The van der Waals surface area contributed by atoms with Gasteiger partial charge in [0.05, 0.1) is 18.8 Å². The summed E-state index contributed by atoms with van der Waals surface area (Å²) in [6, 6.07) is 19.5. The molecule has 0 saturated heterocycles. The molecular formula is C25H24ClN5O. The number of rotatable bonds is 8. The Balaban J connectivity index is 1.45. The highest BCUT2D eigenvalue weighted by atomic mass is 35.5. The molecule has 0 aliphatic carbocycles. The van der Waals surface area contributed by atoms with Crippen LogP contribution in [0, 0.1) is 6.92 Å². The van der Waals surface area contributed by atoms with Crippen molar-refractivity contribution in [3.63, 3.8) is 0 Å². The topological polar surface area (TPSA) is 71.8 Å². The number of hydrogen-bond acceptors (Lipinski definition) is 4. The Labute approximate surface area is 192 Å². The van der Waals surface area contributed by atoms with E-state index in [1.165, 1.54) is 5.56 Å². The predicted octanol–water partition coefficient (Wildman–Crippen LogP) is 4.68. The first-order valence-corrected chi connectivity index (χ1v) is 10.7. The van der Waals surface area contributed by atoms with Crippen molar-refractivity contribution in [1.82, 2.24) is 20.1 Å². The molecule has 0 bridgehead atoms. The van der Waals surface area contributed by atoms with Crippen molar-refractivity contribution in [3.8, 4) is 11.3 Å². The second kappa shape index (κ2) is 10.2. The number of carbonyl (C=O) groups excluding carboxylic acids is 1. The number of nitrogens with zero attached hydrogens (tertiary/aromatic N) is 3. The molecule has 0 aliphatic heterocycles. The van der Waals surface area contributed by atoms with Gasteiger partial charge in [0.2, 0.25) is 5.91 Å². The average molecular weight is 446 g/mol. The second-order valence-electron chi connectivity index (χ2n) is 7.49. The minimum Gasteiger partial charge on any atom is -0.325 e. The number of carbonyl (C=O) groups is 1. The molecule has 2 heterocycles. The van der Waals surface area contributed by atoms with E-state index in [-0.39, 0.29) is 12.5 Å². The molecule has 0 fully saturated rings. The van der Waals surface area contributed by atoms with Crippen LogP contribution in [-0.4, -0.2) is 27.2 Å². The standard InChI is InChI=1S/C25H24ClN5O/c1-18-22(26)10-5-11-23(18)29-24(32)15-28-14-21-17-31(16-19-7-3-2-4-8-19)30-25(21)20-9-6-12-27-13-20/h2-13,17,28H,14-16H2,1H3,(H,29,32). The first kappa shape index (κ1) is 21.7. The Morgan fingerprint density at radius 3 is 2.69 bits per heavy atom. The number of amides is 1. The van der Waals surface area contributed by atoms with Crippen molar-refractivity contribution >= 4 is 23.2 Å². The summed E-state index contributed by atoms with van der Waals surface area (Å²) < 4.78 is 1.92. The van der Waals surface area contributed by atoms with Crippen LogP contribution in [-0.2, 0) is 17.9 Å². The van der Waals surface area contributed by atoms with Gasteiger partial charge in [-0.1, -0.05) is 48.0 Å². The fourth-order valence-corrected chi connectivity index (χ4v) is 3.61. The van der Waals surface area contributed by atoms with Crippen LogP contribution >= 0.6 is 11.6 Å². The van der Waals surface area contributed by atoms with Crippen LogP contribution in [0.5, 0.6) is 0 Å². The van der Waals surface area contributed by atoms with Gasteiger partial charge in [-0.3, -0.25) is 14.5 Å². The lowest BCUT2D eigenvalue weighted by molar-refractivity contribution is -0.115. The van der Waals surface area contributed by atoms with Crippen LogP contribution in [0.3, 0.4) is 0 Å². The van der Waals surface area contributed by atoms with Crippen molar-refractivity contribution < 1.29 is 4.79 Å². The zero-order valence-electron chi connectivity index (χ0n) is 17.8. The first-order chi connectivity index (χ1) is 15.6. The number of aromatic nitrogens is 3. The van der Waals surface area contributed by atoms with Gasteiger partial charge in [0.25, 0.3) is 0 Å². The third-order valence-corrected chi connectivity index (χ3v) is 5.51. The molecule has 162 valence electrons. The molecular weight excluding hydrogens is 422 g/mol. The monoisotopic (exact) mass is 445 g/mol. The minimum absolute atomic E-state index is 0.130. The minimum atomic E-state index is -0.130. The molecule has 32 heavy (non-hydrogen) atoms. The van der Waals surface area contributed by atoms with Crippen molar-refractivity contribution in [2.24, 2.45) is 0 Å². The second-order valence-corrected chi connectivity index (χ2v) is 7.90. The lowest BCUT2D eigenvalue weighted by Crippen LogP contribution is -2.28. The largest absolute Gasteiger partial charge is 0.325 e. The van der Waals surface area contributed by atoms with Crippen molar-refractivity contribution in [2.75, 3.05) is 11.9 Å². The SMILES string of the molecule is Cc1c(Cl)cccc1NC(=O)CNCc1cn(Cc2ccccc2)nc1-c1cccnc1. The van der Waals surface area contributed by atoms with Crippen molar-refractivity contribution in [1.29, 1.82) is 0 Å². The Morgan fingerprint density at radius 1 is 1.06 bits per heavy atom. The van der Waals surface area contributed by atoms with Gasteiger partial charge >= 0.3 is 0 Å². The highest BCUT2D eigenvalue weighted by molar-refractivity contribution is 6.31. The molecule has 4 rings (SSSR count). The van der Waals surface area contributed by atoms with E-state index >= 15 is 0 Å². The molecule has 0 unspecified atom stereocenters. The molecule has 0 saturated carbocycles. The molecule has 1 amide bonds. The van der Waals surface area contributed by atoms with Gasteiger partial charge in [0, 0.05) is 47.0 Å². The van der Waals surface area contributed by atoms with E-state index in [2.05, 4.69) is 27.8 Å². The van der Waals surface area contributed by atoms with Crippen LogP contribution in [0.15, 0.2) is 79.3 Å².